The molecule has 0 unspecified atom stereocenters. The summed E-state index contributed by atoms with van der Waals surface area (Å²) in [7, 11) is 0. The van der Waals surface area contributed by atoms with E-state index in [9.17, 15) is 28.8 Å². The molecule has 1 aliphatic carbocycles. The van der Waals surface area contributed by atoms with Crippen LogP contribution in [0.25, 0.3) is 0 Å². The molecule has 2 fully saturated rings. The first-order chi connectivity index (χ1) is 26.4. The van der Waals surface area contributed by atoms with Crippen molar-refractivity contribution in [3.8, 4) is 5.75 Å². The smallest absolute Gasteiger partial charge is 0.413 e. The molecule has 1 aliphatic heterocycles. The average Bonchev–Trinajstić information content (AvgIpc) is 3.55. The third-order valence-corrected chi connectivity index (χ3v) is 9.27. The molecule has 2 atom stereocenters. The highest BCUT2D eigenvalue weighted by atomic mass is 32.1. The van der Waals surface area contributed by atoms with Crippen LogP contribution < -0.4 is 31.4 Å². The number of esters is 1. The molecule has 300 valence electrons. The number of pyridine rings is 1. The van der Waals surface area contributed by atoms with Crippen molar-refractivity contribution in [1.82, 2.24) is 25.9 Å². The minimum absolute atomic E-state index is 0.00199. The first-order valence-corrected chi connectivity index (χ1v) is 19.0. The number of H-pyrrole nitrogens is 1. The quantitative estimate of drug-likeness (QED) is 0.0630. The molecule has 18 heteroatoms. The maximum Gasteiger partial charge on any atom is 0.413 e. The van der Waals surface area contributed by atoms with Crippen molar-refractivity contribution in [3.05, 3.63) is 75.1 Å². The third-order valence-electron chi connectivity index (χ3n) is 8.51. The zero-order chi connectivity index (χ0) is 40.7. The summed E-state index contributed by atoms with van der Waals surface area (Å²) in [4.78, 5) is 90.2. The standard InChI is InChI=1S/C38H47N7O10S/c1-36(2,3)53-32(49)38(13-10-14-38)55-45-30(26-21-56-34(43-26)44-35(51)54-37(4,5)6)28(47)16-24-25(42-31(24)48)18-41-33(50)40-17-23-15-27(46)29(19-39-23)52-20-22-11-8-7-9-12-22/h7-9,11-12,15,19,21,24-25H,10,13-14,16-18,20H2,1-6H3,(H,39,46)(H,42,48)(H2,40,41,50)(H,43,44,51)/b45-30-/t24-,25+/m0/s1. The molecule has 17 nitrogen and oxygen atoms in total. The lowest BCUT2D eigenvalue weighted by molar-refractivity contribution is -0.196. The Morgan fingerprint density at radius 3 is 2.34 bits per heavy atom. The number of β-lactam (4-membered cyclic amide) rings is 1. The normalized spacial score (nSPS) is 17.6. The van der Waals surface area contributed by atoms with E-state index in [2.05, 4.69) is 36.4 Å². The number of carbonyl (C=O) groups is 5. The molecular formula is C38H47N7O10S. The van der Waals surface area contributed by atoms with E-state index < -0.39 is 58.5 Å². The van der Waals surface area contributed by atoms with E-state index in [-0.39, 0.29) is 53.8 Å². The molecule has 2 aliphatic rings. The van der Waals surface area contributed by atoms with Gasteiger partial charge in [0.15, 0.2) is 22.4 Å². The Morgan fingerprint density at radius 2 is 1.71 bits per heavy atom. The molecule has 0 spiro atoms. The van der Waals surface area contributed by atoms with Gasteiger partial charge >= 0.3 is 18.1 Å². The zero-order valence-corrected chi connectivity index (χ0v) is 32.9. The molecule has 1 saturated carbocycles. The van der Waals surface area contributed by atoms with E-state index in [0.29, 0.717) is 25.0 Å². The number of benzene rings is 1. The fraction of sp³-hybridized carbons (Fsp3) is 0.474. The highest BCUT2D eigenvalue weighted by molar-refractivity contribution is 7.14. The van der Waals surface area contributed by atoms with Crippen molar-refractivity contribution in [3.63, 3.8) is 0 Å². The van der Waals surface area contributed by atoms with Crippen LogP contribution in [0.4, 0.5) is 14.7 Å². The van der Waals surface area contributed by atoms with Crippen LogP contribution in [0.1, 0.15) is 84.2 Å². The number of ketones is 1. The molecule has 1 aromatic carbocycles. The minimum atomic E-state index is -1.40. The Balaban J connectivity index is 1.20. The van der Waals surface area contributed by atoms with E-state index in [4.69, 9.17) is 19.0 Å². The molecule has 5 rings (SSSR count). The monoisotopic (exact) mass is 793 g/mol. The van der Waals surface area contributed by atoms with Gasteiger partial charge in [-0.3, -0.25) is 19.7 Å². The van der Waals surface area contributed by atoms with Gasteiger partial charge in [-0.05, 0) is 53.5 Å². The van der Waals surface area contributed by atoms with Gasteiger partial charge in [0.2, 0.25) is 16.9 Å². The number of anilines is 1. The maximum atomic E-state index is 13.8. The van der Waals surface area contributed by atoms with Gasteiger partial charge in [-0.15, -0.1) is 11.3 Å². The molecule has 5 N–H and O–H groups in total. The number of nitrogens with one attached hydrogen (secondary N) is 5. The van der Waals surface area contributed by atoms with Crippen molar-refractivity contribution < 1.29 is 43.0 Å². The molecule has 3 heterocycles. The van der Waals surface area contributed by atoms with Gasteiger partial charge in [-0.2, -0.15) is 0 Å². The van der Waals surface area contributed by atoms with Crippen LogP contribution in [0, 0.1) is 5.92 Å². The number of hydrogen-bond acceptors (Lipinski definition) is 13. The Bertz CT molecular complexity index is 2010. The largest absolute Gasteiger partial charge is 0.483 e. The first kappa shape index (κ1) is 41.4. The van der Waals surface area contributed by atoms with Crippen LogP contribution in [-0.4, -0.2) is 74.9 Å². The number of amides is 4. The van der Waals surface area contributed by atoms with Crippen LogP contribution in [-0.2, 0) is 41.8 Å². The summed E-state index contributed by atoms with van der Waals surface area (Å²) in [5.41, 5.74) is -2.17. The van der Waals surface area contributed by atoms with Crippen LogP contribution >= 0.6 is 11.3 Å². The highest BCUT2D eigenvalue weighted by Crippen LogP contribution is 2.38. The maximum absolute atomic E-state index is 13.8. The summed E-state index contributed by atoms with van der Waals surface area (Å²) in [5.74, 6) is -2.34. The lowest BCUT2D eigenvalue weighted by Gasteiger charge is -2.38. The molecule has 0 radical (unpaired) electrons. The predicted molar refractivity (Wildman–Crippen MR) is 205 cm³/mol. The Morgan fingerprint density at radius 1 is 1.00 bits per heavy atom. The highest BCUT2D eigenvalue weighted by Gasteiger charge is 2.51. The number of rotatable bonds is 15. The number of thiazole rings is 1. The van der Waals surface area contributed by atoms with Gasteiger partial charge in [0, 0.05) is 49.1 Å². The number of hydrogen-bond donors (Lipinski definition) is 5. The summed E-state index contributed by atoms with van der Waals surface area (Å²) < 4.78 is 16.5. The van der Waals surface area contributed by atoms with Crippen molar-refractivity contribution in [1.29, 1.82) is 0 Å². The molecule has 3 aromatic rings. The van der Waals surface area contributed by atoms with Gasteiger partial charge in [-0.1, -0.05) is 35.5 Å². The number of nitrogens with zero attached hydrogens (tertiary/aromatic N) is 2. The van der Waals surface area contributed by atoms with Crippen LogP contribution in [0.5, 0.6) is 5.75 Å². The second kappa shape index (κ2) is 17.3. The summed E-state index contributed by atoms with van der Waals surface area (Å²) in [6, 6.07) is 9.56. The van der Waals surface area contributed by atoms with E-state index in [1.165, 1.54) is 17.6 Å². The lowest BCUT2D eigenvalue weighted by Crippen LogP contribution is -2.63. The fourth-order valence-electron chi connectivity index (χ4n) is 5.50. The Labute approximate surface area is 327 Å². The summed E-state index contributed by atoms with van der Waals surface area (Å²) in [5, 5.41) is 16.3. The average molecular weight is 794 g/mol. The third kappa shape index (κ3) is 11.4. The Hall–Kier alpha value is -5.78. The summed E-state index contributed by atoms with van der Waals surface area (Å²) in [6.45, 7) is 10.5. The first-order valence-electron chi connectivity index (χ1n) is 18.1. The van der Waals surface area contributed by atoms with E-state index in [1.54, 1.807) is 41.5 Å². The molecule has 56 heavy (non-hydrogen) atoms. The number of oxime groups is 1. The van der Waals surface area contributed by atoms with Crippen LogP contribution in [0.2, 0.25) is 0 Å². The number of ether oxygens (including phenoxy) is 3. The molecular weight excluding hydrogens is 747 g/mol. The van der Waals surface area contributed by atoms with Crippen molar-refractivity contribution in [2.45, 2.75) is 103 Å². The lowest BCUT2D eigenvalue weighted by atomic mass is 9.80. The van der Waals surface area contributed by atoms with Crippen LogP contribution in [0.3, 0.4) is 0 Å². The Kier molecular flexibility index (Phi) is 12.8. The zero-order valence-electron chi connectivity index (χ0n) is 32.1. The van der Waals surface area contributed by atoms with Gasteiger partial charge in [0.1, 0.15) is 23.5 Å². The SMILES string of the molecule is CC(C)(C)OC(=O)Nc1nc(/C(=N/OC2(C(=O)OC(C)(C)C)CCC2)C(=O)C[C@@H]2C(=O)N[C@@H]2CNC(=O)NCc2cc(=O)c(OCc3ccccc3)c[nH]2)cs1. The van der Waals surface area contributed by atoms with Gasteiger partial charge in [-0.25, -0.2) is 19.4 Å². The van der Waals surface area contributed by atoms with E-state index in [0.717, 1.165) is 16.9 Å². The second-order valence-corrected chi connectivity index (χ2v) is 16.3. The fourth-order valence-corrected chi connectivity index (χ4v) is 6.18. The molecule has 2 aromatic heterocycles. The molecule has 0 bridgehead atoms. The molecule has 1 saturated heterocycles. The van der Waals surface area contributed by atoms with Crippen molar-refractivity contribution >= 4 is 52.0 Å². The number of Topliss-reactive ketones (excluding diaryl/α,β-unsaturated/α-hetero) is 1. The number of carbonyl (C=O) groups excluding carboxylic acids is 5. The predicted octanol–water partition coefficient (Wildman–Crippen LogP) is 4.32. The van der Waals surface area contributed by atoms with E-state index >= 15 is 0 Å². The van der Waals surface area contributed by atoms with Crippen molar-refractivity contribution in [2.75, 3.05) is 11.9 Å². The van der Waals surface area contributed by atoms with Gasteiger partial charge < -0.3 is 40.0 Å². The number of urea groups is 1. The summed E-state index contributed by atoms with van der Waals surface area (Å²) >= 11 is 1.01. The topological polar surface area (TPSA) is 228 Å². The minimum Gasteiger partial charge on any atom is -0.483 e. The van der Waals surface area contributed by atoms with Gasteiger partial charge in [0.25, 0.3) is 0 Å². The number of aromatic nitrogens is 2. The van der Waals surface area contributed by atoms with E-state index in [1.807, 2.05) is 30.3 Å². The molecule has 4 amide bonds. The van der Waals surface area contributed by atoms with Gasteiger partial charge in [0.05, 0.1) is 18.5 Å². The number of aromatic amines is 1. The summed E-state index contributed by atoms with van der Waals surface area (Å²) in [6.07, 6.45) is 1.67. The van der Waals surface area contributed by atoms with Crippen molar-refractivity contribution in [2.24, 2.45) is 11.1 Å². The van der Waals surface area contributed by atoms with Crippen LogP contribution in [0.15, 0.2) is 57.9 Å². The second-order valence-electron chi connectivity index (χ2n) is 15.4.